The normalized spacial score (nSPS) is 17.7. The Morgan fingerprint density at radius 3 is 2.42 bits per heavy atom. The first-order chi connectivity index (χ1) is 8.74. The van der Waals surface area contributed by atoms with Crippen molar-refractivity contribution in [2.45, 2.75) is 31.0 Å². The molecule has 3 nitrogen and oxygen atoms in total. The minimum Gasteiger partial charge on any atom is -0.480 e. The van der Waals surface area contributed by atoms with Crippen molar-refractivity contribution in [3.05, 3.63) is 28.2 Å². The molecule has 1 aromatic rings. The number of aliphatic carboxylic acids is 1. The fourth-order valence-corrected chi connectivity index (χ4v) is 2.40. The Morgan fingerprint density at radius 1 is 1.37 bits per heavy atom. The second-order valence-electron chi connectivity index (χ2n) is 4.55. The Labute approximate surface area is 115 Å². The van der Waals surface area contributed by atoms with Crippen molar-refractivity contribution in [2.24, 2.45) is 0 Å². The van der Waals surface area contributed by atoms with Crippen molar-refractivity contribution in [2.75, 3.05) is 5.32 Å². The first-order valence-corrected chi connectivity index (χ1v) is 6.42. The molecule has 0 bridgehead atoms. The molecule has 2 N–H and O–H groups in total. The summed E-state index contributed by atoms with van der Waals surface area (Å²) in [4.78, 5) is 11.2. The summed E-state index contributed by atoms with van der Waals surface area (Å²) in [6.07, 6.45) is -3.18. The van der Waals surface area contributed by atoms with Crippen molar-refractivity contribution in [1.82, 2.24) is 0 Å². The number of halogens is 4. The number of alkyl halides is 3. The van der Waals surface area contributed by atoms with Crippen molar-refractivity contribution >= 4 is 27.6 Å². The molecule has 0 amide bonds. The molecular formula is C12H11BrF3NO2. The van der Waals surface area contributed by atoms with Gasteiger partial charge in [-0.3, -0.25) is 0 Å². The summed E-state index contributed by atoms with van der Waals surface area (Å²) in [6, 6.07) is 3.64. The van der Waals surface area contributed by atoms with Crippen LogP contribution < -0.4 is 5.32 Å². The Balaban J connectivity index is 2.38. The van der Waals surface area contributed by atoms with Crippen LogP contribution in [0.2, 0.25) is 0 Å². The standard InChI is InChI=1S/C12H11BrF3NO2/c13-7-2-3-9(8(6-7)12(14,15)16)17-11(10(18)19)4-1-5-11/h2-3,6,17H,1,4-5H2,(H,18,19). The molecule has 0 aliphatic heterocycles. The third-order valence-corrected chi connectivity index (χ3v) is 3.77. The lowest BCUT2D eigenvalue weighted by atomic mass is 9.76. The number of nitrogens with one attached hydrogen (secondary N) is 1. The minimum absolute atomic E-state index is 0.196. The van der Waals surface area contributed by atoms with E-state index in [0.717, 1.165) is 6.07 Å². The third kappa shape index (κ3) is 2.70. The van der Waals surface area contributed by atoms with Crippen LogP contribution >= 0.6 is 15.9 Å². The van der Waals surface area contributed by atoms with E-state index in [2.05, 4.69) is 21.2 Å². The molecule has 0 radical (unpaired) electrons. The van der Waals surface area contributed by atoms with Crippen LogP contribution in [0.1, 0.15) is 24.8 Å². The lowest BCUT2D eigenvalue weighted by molar-refractivity contribution is -0.146. The second kappa shape index (κ2) is 4.70. The quantitative estimate of drug-likeness (QED) is 0.879. The van der Waals surface area contributed by atoms with Gasteiger partial charge in [0.15, 0.2) is 0 Å². The largest absolute Gasteiger partial charge is 0.480 e. The van der Waals surface area contributed by atoms with Crippen molar-refractivity contribution < 1.29 is 23.1 Å². The topological polar surface area (TPSA) is 49.3 Å². The number of hydrogen-bond donors (Lipinski definition) is 2. The van der Waals surface area contributed by atoms with E-state index < -0.39 is 23.2 Å². The smallest absolute Gasteiger partial charge is 0.418 e. The van der Waals surface area contributed by atoms with Gasteiger partial charge in [-0.25, -0.2) is 4.79 Å². The highest BCUT2D eigenvalue weighted by Crippen LogP contribution is 2.41. The maximum Gasteiger partial charge on any atom is 0.418 e. The number of benzene rings is 1. The van der Waals surface area contributed by atoms with Gasteiger partial charge in [0.1, 0.15) is 5.54 Å². The summed E-state index contributed by atoms with van der Waals surface area (Å²) in [5.41, 5.74) is -2.33. The van der Waals surface area contributed by atoms with Gasteiger partial charge in [-0.05, 0) is 37.5 Å². The van der Waals surface area contributed by atoms with Crippen molar-refractivity contribution in [3.63, 3.8) is 0 Å². The molecular weight excluding hydrogens is 327 g/mol. The van der Waals surface area contributed by atoms with Gasteiger partial charge < -0.3 is 10.4 Å². The summed E-state index contributed by atoms with van der Waals surface area (Å²) in [7, 11) is 0. The van der Waals surface area contributed by atoms with Crippen LogP contribution in [-0.4, -0.2) is 16.6 Å². The van der Waals surface area contributed by atoms with E-state index in [4.69, 9.17) is 5.11 Å². The van der Waals surface area contributed by atoms with E-state index in [9.17, 15) is 18.0 Å². The number of carboxylic acid groups (broad SMARTS) is 1. The molecule has 7 heteroatoms. The maximum absolute atomic E-state index is 12.9. The molecule has 0 atom stereocenters. The van der Waals surface area contributed by atoms with E-state index in [1.165, 1.54) is 12.1 Å². The molecule has 0 unspecified atom stereocenters. The number of carboxylic acids is 1. The zero-order valence-corrected chi connectivity index (χ0v) is 11.3. The zero-order chi connectivity index (χ0) is 14.3. The van der Waals surface area contributed by atoms with Crippen LogP contribution in [-0.2, 0) is 11.0 Å². The Hall–Kier alpha value is -1.24. The van der Waals surface area contributed by atoms with E-state index >= 15 is 0 Å². The van der Waals surface area contributed by atoms with E-state index in [-0.39, 0.29) is 5.69 Å². The second-order valence-corrected chi connectivity index (χ2v) is 5.47. The molecule has 0 heterocycles. The third-order valence-electron chi connectivity index (χ3n) is 3.28. The Morgan fingerprint density at radius 2 is 2.00 bits per heavy atom. The average molecular weight is 338 g/mol. The fraction of sp³-hybridized carbons (Fsp3) is 0.417. The van der Waals surface area contributed by atoms with Crippen LogP contribution in [0.4, 0.5) is 18.9 Å². The lowest BCUT2D eigenvalue weighted by Gasteiger charge is -2.39. The predicted molar refractivity (Wildman–Crippen MR) is 67.0 cm³/mol. The van der Waals surface area contributed by atoms with Crippen LogP contribution in [0, 0.1) is 0 Å². The molecule has 0 spiro atoms. The summed E-state index contributed by atoms with van der Waals surface area (Å²) in [5, 5.41) is 11.7. The molecule has 1 aromatic carbocycles. The summed E-state index contributed by atoms with van der Waals surface area (Å²) < 4.78 is 39.0. The molecule has 1 saturated carbocycles. The number of hydrogen-bond acceptors (Lipinski definition) is 2. The summed E-state index contributed by atoms with van der Waals surface area (Å²) in [6.45, 7) is 0. The van der Waals surface area contributed by atoms with Crippen molar-refractivity contribution in [1.29, 1.82) is 0 Å². The minimum atomic E-state index is -4.53. The molecule has 1 fully saturated rings. The highest BCUT2D eigenvalue weighted by molar-refractivity contribution is 9.10. The molecule has 2 rings (SSSR count). The van der Waals surface area contributed by atoms with Gasteiger partial charge >= 0.3 is 12.1 Å². The van der Waals surface area contributed by atoms with E-state index in [1.54, 1.807) is 0 Å². The van der Waals surface area contributed by atoms with Gasteiger partial charge in [0, 0.05) is 10.2 Å². The molecule has 104 valence electrons. The first-order valence-electron chi connectivity index (χ1n) is 5.63. The maximum atomic E-state index is 12.9. The van der Waals surface area contributed by atoms with E-state index in [0.29, 0.717) is 23.7 Å². The van der Waals surface area contributed by atoms with Gasteiger partial charge in [-0.1, -0.05) is 15.9 Å². The van der Waals surface area contributed by atoms with Gasteiger partial charge in [0.2, 0.25) is 0 Å². The average Bonchev–Trinajstić information content (AvgIpc) is 2.23. The van der Waals surface area contributed by atoms with Crippen LogP contribution in [0.5, 0.6) is 0 Å². The van der Waals surface area contributed by atoms with Crippen LogP contribution in [0.25, 0.3) is 0 Å². The monoisotopic (exact) mass is 337 g/mol. The molecule has 19 heavy (non-hydrogen) atoms. The summed E-state index contributed by atoms with van der Waals surface area (Å²) >= 11 is 2.98. The van der Waals surface area contributed by atoms with Crippen molar-refractivity contribution in [3.8, 4) is 0 Å². The molecule has 0 aromatic heterocycles. The fourth-order valence-electron chi connectivity index (χ4n) is 2.04. The van der Waals surface area contributed by atoms with Gasteiger partial charge in [0.25, 0.3) is 0 Å². The molecule has 1 aliphatic carbocycles. The highest BCUT2D eigenvalue weighted by atomic mass is 79.9. The Kier molecular flexibility index (Phi) is 3.51. The Bertz CT molecular complexity index is 512. The summed E-state index contributed by atoms with van der Waals surface area (Å²) in [5.74, 6) is -1.12. The van der Waals surface area contributed by atoms with E-state index in [1.807, 2.05) is 0 Å². The first kappa shape index (κ1) is 14.2. The lowest BCUT2D eigenvalue weighted by Crippen LogP contribution is -2.52. The number of anilines is 1. The van der Waals surface area contributed by atoms with Gasteiger partial charge in [-0.15, -0.1) is 0 Å². The van der Waals surface area contributed by atoms with Gasteiger partial charge in [-0.2, -0.15) is 13.2 Å². The van der Waals surface area contributed by atoms with Gasteiger partial charge in [0.05, 0.1) is 5.56 Å². The zero-order valence-electron chi connectivity index (χ0n) is 9.72. The predicted octanol–water partition coefficient (Wildman–Crippen LogP) is 3.89. The molecule has 0 saturated heterocycles. The number of rotatable bonds is 3. The SMILES string of the molecule is O=C(O)C1(Nc2ccc(Br)cc2C(F)(F)F)CCC1. The molecule has 1 aliphatic rings. The van der Waals surface area contributed by atoms with Crippen LogP contribution in [0.3, 0.4) is 0 Å². The van der Waals surface area contributed by atoms with Crippen LogP contribution in [0.15, 0.2) is 22.7 Å². The highest BCUT2D eigenvalue weighted by Gasteiger charge is 2.46. The number of carbonyl (C=O) groups is 1.